The number of hydrogen-bond donors (Lipinski definition) is 22. The molecule has 0 aliphatic heterocycles. The van der Waals surface area contributed by atoms with Gasteiger partial charge in [-0.15, -0.1) is 0 Å². The van der Waals surface area contributed by atoms with Gasteiger partial charge in [-0.1, -0.05) is 233 Å². The Morgan fingerprint density at radius 1 is 0.185 bits per heavy atom. The molecule has 0 amide bonds. The molecule has 0 saturated heterocycles. The molecule has 0 rings (SSSR count). The lowest BCUT2D eigenvalue weighted by atomic mass is 10.1. The lowest BCUT2D eigenvalue weighted by Crippen LogP contribution is -2.15. The summed E-state index contributed by atoms with van der Waals surface area (Å²) in [6.45, 7) is 4.54. The van der Waals surface area contributed by atoms with Gasteiger partial charge in [-0.25, -0.2) is 0 Å². The average molecular weight is 1350 g/mol. The zero-order valence-electron chi connectivity index (χ0n) is 57.7. The van der Waals surface area contributed by atoms with E-state index in [4.69, 9.17) is 112 Å². The molecule has 564 valence electrons. The Morgan fingerprint density at radius 2 is 0.272 bits per heavy atom. The molecule has 0 bridgehead atoms. The zero-order chi connectivity index (χ0) is 72.5. The van der Waals surface area contributed by atoms with E-state index in [1.165, 1.54) is 180 Å². The lowest BCUT2D eigenvalue weighted by molar-refractivity contribution is -0.138. The Kier molecular flexibility index (Phi) is 128. The molecule has 0 saturated carbocycles. The average Bonchev–Trinajstić information content (AvgIpc) is 3.56. The lowest BCUT2D eigenvalue weighted by Gasteiger charge is -2.00. The van der Waals surface area contributed by atoms with Crippen molar-refractivity contribution in [3.63, 3.8) is 0 Å². The molecule has 0 atom stereocenters. The van der Waals surface area contributed by atoms with E-state index in [9.17, 15) is 19.2 Å². The van der Waals surface area contributed by atoms with E-state index in [1.54, 1.807) is 0 Å². The van der Waals surface area contributed by atoms with Crippen molar-refractivity contribution in [2.24, 2.45) is 0 Å². The second-order valence-electron chi connectivity index (χ2n) is 22.0. The SMILES string of the molecule is CCCCCCCCCCCC(=O)O.CCCCCCCCCCCC(=O)O.CCCCCCCCCCCC(=O)O.CCCCCCCCCCCC(=O)O.OCC(O)CO.OCC(O)CO.OCC(O)CO.OCC(O)CO.OCC(O)CO.OCC(O)CO. The van der Waals surface area contributed by atoms with Gasteiger partial charge in [0, 0.05) is 25.7 Å². The van der Waals surface area contributed by atoms with Crippen molar-refractivity contribution in [3.8, 4) is 0 Å². The summed E-state index contributed by atoms with van der Waals surface area (Å²) in [5, 5.41) is 178. The van der Waals surface area contributed by atoms with Crippen LogP contribution in [0, 0.1) is 0 Å². The third-order valence-electron chi connectivity index (χ3n) is 12.5. The Balaban J connectivity index is -0.000000104. The number of carboxylic acids is 4. The van der Waals surface area contributed by atoms with E-state index in [0.29, 0.717) is 25.7 Å². The van der Waals surface area contributed by atoms with E-state index in [1.807, 2.05) is 0 Å². The molecule has 0 heterocycles. The number of aliphatic hydroxyl groups excluding tert-OH is 18. The second kappa shape index (κ2) is 107. The van der Waals surface area contributed by atoms with Gasteiger partial charge in [-0.2, -0.15) is 0 Å². The minimum atomic E-state index is -0.954. The van der Waals surface area contributed by atoms with Crippen LogP contribution in [0.2, 0.25) is 0 Å². The Hall–Kier alpha value is -2.84. The molecule has 0 aliphatic rings. The molecule has 92 heavy (non-hydrogen) atoms. The van der Waals surface area contributed by atoms with Crippen molar-refractivity contribution < 1.29 is 132 Å². The van der Waals surface area contributed by atoms with E-state index >= 15 is 0 Å². The summed E-state index contributed by atoms with van der Waals surface area (Å²) >= 11 is 0. The number of aliphatic carboxylic acids is 4. The highest BCUT2D eigenvalue weighted by molar-refractivity contribution is 5.67. The van der Waals surface area contributed by atoms with Gasteiger partial charge in [-0.3, -0.25) is 19.2 Å². The summed E-state index contributed by atoms with van der Waals surface area (Å²) < 4.78 is 0. The summed E-state index contributed by atoms with van der Waals surface area (Å²) in [7, 11) is 0. The number of unbranched alkanes of at least 4 members (excludes halogenated alkanes) is 32. The maximum atomic E-state index is 10.2. The molecule has 0 radical (unpaired) electrons. The molecule has 0 aliphatic carbocycles. The summed E-state index contributed by atoms with van der Waals surface area (Å²) in [5.74, 6) is -2.64. The van der Waals surface area contributed by atoms with Crippen molar-refractivity contribution in [1.29, 1.82) is 0 Å². The molecule has 26 heteroatoms. The maximum Gasteiger partial charge on any atom is 0.303 e. The van der Waals surface area contributed by atoms with Gasteiger partial charge in [0.05, 0.1) is 79.3 Å². The normalized spacial score (nSPS) is 10.2. The first-order valence-corrected chi connectivity index (χ1v) is 34.2. The minimum Gasteiger partial charge on any atom is -0.481 e. The summed E-state index contributed by atoms with van der Waals surface area (Å²) in [6.07, 6.45) is 40.2. The molecule has 0 fully saturated rings. The fourth-order valence-electron chi connectivity index (χ4n) is 6.69. The third-order valence-corrected chi connectivity index (χ3v) is 12.5. The largest absolute Gasteiger partial charge is 0.481 e. The predicted molar refractivity (Wildman–Crippen MR) is 359 cm³/mol. The van der Waals surface area contributed by atoms with Crippen LogP contribution in [0.15, 0.2) is 0 Å². The monoisotopic (exact) mass is 1350 g/mol. The van der Waals surface area contributed by atoms with E-state index in [-0.39, 0.29) is 79.3 Å². The summed E-state index contributed by atoms with van der Waals surface area (Å²) in [4.78, 5) is 40.8. The highest BCUT2D eigenvalue weighted by Gasteiger charge is 2.02. The first kappa shape index (κ1) is 111. The van der Waals surface area contributed by atoms with Crippen LogP contribution in [-0.4, -0.2) is 252 Å². The van der Waals surface area contributed by atoms with E-state index in [2.05, 4.69) is 27.7 Å². The fraction of sp³-hybridized carbons (Fsp3) is 0.939. The van der Waals surface area contributed by atoms with Crippen LogP contribution in [0.4, 0.5) is 0 Å². The molecule has 0 aromatic carbocycles. The van der Waals surface area contributed by atoms with Crippen molar-refractivity contribution in [1.82, 2.24) is 0 Å². The summed E-state index contributed by atoms with van der Waals surface area (Å²) in [6, 6.07) is 0. The standard InChI is InChI=1S/4C12H24O2.6C3H8O3/c4*1-2-3-4-5-6-7-8-9-10-11-12(13)14;6*4-1-3(6)2-5/h4*2-11H2,1H3,(H,13,14);6*3-6H,1-2H2. The quantitative estimate of drug-likeness (QED) is 0.0312. The molecule has 26 nitrogen and oxygen atoms in total. The van der Waals surface area contributed by atoms with Gasteiger partial charge in [0.25, 0.3) is 0 Å². The van der Waals surface area contributed by atoms with Crippen LogP contribution in [0.1, 0.15) is 285 Å². The van der Waals surface area contributed by atoms with Gasteiger partial charge in [0.2, 0.25) is 0 Å². The van der Waals surface area contributed by atoms with Crippen molar-refractivity contribution in [2.45, 2.75) is 321 Å². The molecule has 0 aromatic rings. The summed E-state index contributed by atoms with van der Waals surface area (Å²) in [5.41, 5.74) is 0. The van der Waals surface area contributed by atoms with Crippen molar-refractivity contribution in [2.75, 3.05) is 79.3 Å². The topological polar surface area (TPSA) is 513 Å². The smallest absolute Gasteiger partial charge is 0.303 e. The Labute approximate surface area is 554 Å². The zero-order valence-corrected chi connectivity index (χ0v) is 57.7. The second-order valence-corrected chi connectivity index (χ2v) is 22.0. The van der Waals surface area contributed by atoms with E-state index in [0.717, 1.165) is 51.4 Å². The van der Waals surface area contributed by atoms with Crippen LogP contribution in [0.25, 0.3) is 0 Å². The molecule has 22 N–H and O–H groups in total. The third kappa shape index (κ3) is 152. The van der Waals surface area contributed by atoms with Crippen LogP contribution in [0.3, 0.4) is 0 Å². The number of aliphatic hydroxyl groups is 18. The van der Waals surface area contributed by atoms with Gasteiger partial charge in [0.15, 0.2) is 0 Å². The molecule has 0 spiro atoms. The van der Waals surface area contributed by atoms with Crippen molar-refractivity contribution in [3.05, 3.63) is 0 Å². The fourth-order valence-corrected chi connectivity index (χ4v) is 6.69. The minimum absolute atomic E-state index is 0.343. The van der Waals surface area contributed by atoms with Gasteiger partial charge in [0.1, 0.15) is 36.6 Å². The van der Waals surface area contributed by atoms with Crippen LogP contribution >= 0.6 is 0 Å². The van der Waals surface area contributed by atoms with Crippen LogP contribution in [-0.2, 0) is 19.2 Å². The molecule has 0 unspecified atom stereocenters. The number of rotatable bonds is 52. The van der Waals surface area contributed by atoms with Crippen LogP contribution in [0.5, 0.6) is 0 Å². The van der Waals surface area contributed by atoms with E-state index < -0.39 is 60.5 Å². The number of carboxylic acid groups (broad SMARTS) is 4. The maximum absolute atomic E-state index is 10.2. The highest BCUT2D eigenvalue weighted by atomic mass is 16.4. The van der Waals surface area contributed by atoms with Gasteiger partial charge < -0.3 is 112 Å². The highest BCUT2D eigenvalue weighted by Crippen LogP contribution is 2.13. The number of carbonyl (C=O) groups is 4. The molecular weight excluding hydrogens is 1210 g/mol. The Morgan fingerprint density at radius 3 is 0.337 bits per heavy atom. The van der Waals surface area contributed by atoms with Gasteiger partial charge >= 0.3 is 23.9 Å². The van der Waals surface area contributed by atoms with Gasteiger partial charge in [-0.05, 0) is 25.7 Å². The Bertz CT molecular complexity index is 1070. The number of hydrogen-bond acceptors (Lipinski definition) is 22. The predicted octanol–water partition coefficient (Wildman–Crippen LogP) is 5.96. The molecular formula is C66H144O26. The molecule has 0 aromatic heterocycles. The van der Waals surface area contributed by atoms with Crippen LogP contribution < -0.4 is 0 Å². The van der Waals surface area contributed by atoms with Crippen molar-refractivity contribution >= 4 is 23.9 Å². The first-order chi connectivity index (χ1) is 43.9. The first-order valence-electron chi connectivity index (χ1n) is 34.2.